The van der Waals surface area contributed by atoms with E-state index in [1.54, 1.807) is 18.2 Å². The van der Waals surface area contributed by atoms with Crippen molar-refractivity contribution in [1.82, 2.24) is 9.78 Å². The molecule has 0 N–H and O–H groups in total. The summed E-state index contributed by atoms with van der Waals surface area (Å²) in [4.78, 5) is 14.4. The largest absolute Gasteiger partial charge is 0.304 e. The van der Waals surface area contributed by atoms with Crippen molar-refractivity contribution in [2.75, 3.05) is 11.4 Å². The minimum Gasteiger partial charge on any atom is -0.304 e. The number of nitrogens with zero attached hydrogens (tertiary/aromatic N) is 3. The zero-order valence-corrected chi connectivity index (χ0v) is 17.7. The lowest BCUT2D eigenvalue weighted by atomic mass is 10.0. The zero-order valence-electron chi connectivity index (χ0n) is 16.9. The molecule has 3 rings (SSSR count). The van der Waals surface area contributed by atoms with Gasteiger partial charge < -0.3 is 4.90 Å². The van der Waals surface area contributed by atoms with Gasteiger partial charge in [-0.3, -0.25) is 9.48 Å². The molecule has 0 unspecified atom stereocenters. The lowest BCUT2D eigenvalue weighted by Gasteiger charge is -2.26. The summed E-state index contributed by atoms with van der Waals surface area (Å²) < 4.78 is 16.2. The van der Waals surface area contributed by atoms with Crippen LogP contribution in [0.2, 0.25) is 5.02 Å². The molecule has 2 aromatic rings. The molecule has 0 radical (unpaired) electrons. The van der Waals surface area contributed by atoms with Gasteiger partial charge in [0.15, 0.2) is 11.5 Å². The predicted molar refractivity (Wildman–Crippen MR) is 114 cm³/mol. The van der Waals surface area contributed by atoms with E-state index < -0.39 is 5.82 Å². The third-order valence-corrected chi connectivity index (χ3v) is 5.04. The Kier molecular flexibility index (Phi) is 7.58. The van der Waals surface area contributed by atoms with Gasteiger partial charge in [-0.25, -0.2) is 4.39 Å². The van der Waals surface area contributed by atoms with Gasteiger partial charge in [0.05, 0.1) is 17.3 Å². The van der Waals surface area contributed by atoms with E-state index in [2.05, 4.69) is 18.6 Å². The molecule has 1 amide bonds. The van der Waals surface area contributed by atoms with Crippen molar-refractivity contribution in [2.24, 2.45) is 0 Å². The van der Waals surface area contributed by atoms with E-state index in [0.29, 0.717) is 25.2 Å². The molecule has 0 fully saturated rings. The van der Waals surface area contributed by atoms with E-state index in [4.69, 9.17) is 11.6 Å². The number of benzene rings is 1. The molecule has 0 aliphatic carbocycles. The van der Waals surface area contributed by atoms with Crippen LogP contribution in [0.5, 0.6) is 0 Å². The normalized spacial score (nSPS) is 13.7. The number of aromatic nitrogens is 2. The van der Waals surface area contributed by atoms with E-state index in [1.807, 2.05) is 31.5 Å². The van der Waals surface area contributed by atoms with Crippen LogP contribution < -0.4 is 4.90 Å². The number of hydrogen-bond donors (Lipinski definition) is 0. The van der Waals surface area contributed by atoms with Gasteiger partial charge in [-0.15, -0.1) is 0 Å². The lowest BCUT2D eigenvalue weighted by Crippen LogP contribution is -2.38. The van der Waals surface area contributed by atoms with Crippen LogP contribution in [0.1, 0.15) is 48.9 Å². The fraction of sp³-hybridized carbons (Fsp3) is 0.364. The Balaban J connectivity index is 0.00000136. The van der Waals surface area contributed by atoms with Crippen LogP contribution in [-0.4, -0.2) is 22.2 Å². The molecule has 6 heteroatoms. The first-order chi connectivity index (χ1) is 13.5. The summed E-state index contributed by atoms with van der Waals surface area (Å²) >= 11 is 5.87. The van der Waals surface area contributed by atoms with Gasteiger partial charge in [0.1, 0.15) is 0 Å². The number of hydrogen-bond acceptors (Lipinski definition) is 2. The zero-order chi connectivity index (χ0) is 20.8. The Morgan fingerprint density at radius 2 is 2.11 bits per heavy atom. The summed E-state index contributed by atoms with van der Waals surface area (Å²) in [6.45, 7) is 12.8. The Bertz CT molecular complexity index is 901. The van der Waals surface area contributed by atoms with E-state index in [-0.39, 0.29) is 16.6 Å². The van der Waals surface area contributed by atoms with Crippen molar-refractivity contribution in [3.05, 3.63) is 70.3 Å². The molecule has 28 heavy (non-hydrogen) atoms. The van der Waals surface area contributed by atoms with Crippen molar-refractivity contribution >= 4 is 23.2 Å². The van der Waals surface area contributed by atoms with Crippen LogP contribution in [0.3, 0.4) is 0 Å². The molecule has 1 aromatic heterocycles. The molecule has 1 aliphatic heterocycles. The fourth-order valence-electron chi connectivity index (χ4n) is 3.23. The summed E-state index contributed by atoms with van der Waals surface area (Å²) in [7, 11) is 0. The third-order valence-electron chi connectivity index (χ3n) is 4.75. The number of carbonyl (C=O) groups is 1. The number of halogens is 2. The average Bonchev–Trinajstić information content (AvgIpc) is 3.02. The van der Waals surface area contributed by atoms with Gasteiger partial charge in [0.2, 0.25) is 0 Å². The molecule has 0 spiro atoms. The van der Waals surface area contributed by atoms with Crippen LogP contribution in [0, 0.1) is 12.7 Å². The summed E-state index contributed by atoms with van der Waals surface area (Å²) in [5.41, 5.74) is 3.67. The predicted octanol–water partition coefficient (Wildman–Crippen LogP) is 5.74. The van der Waals surface area contributed by atoms with Crippen molar-refractivity contribution in [1.29, 1.82) is 0 Å². The smallest absolute Gasteiger partial charge is 0.279 e. The summed E-state index contributed by atoms with van der Waals surface area (Å²) in [5, 5.41) is 4.53. The lowest BCUT2D eigenvalue weighted by molar-refractivity contribution is 0.0974. The first-order valence-corrected chi connectivity index (χ1v) is 9.98. The maximum absolute atomic E-state index is 14.4. The second-order valence-electron chi connectivity index (χ2n) is 6.26. The first-order valence-electron chi connectivity index (χ1n) is 9.60. The standard InChI is InChI=1S/C20H21ClFN3O.C2H6/c1-4-7-14(5-2)12-25-13(3)15-10-11-24(20(26)19(15)23-25)17-9-6-8-16(21)18(17)22;1-2/h4,6-9H,1,5,10-12H2,2-3H3;1-2H3/b14-7+;. The fourth-order valence-corrected chi connectivity index (χ4v) is 3.40. The SMILES string of the molecule is C=C/C=C(\CC)Cn1nc2c(c1C)CCN(c1cccc(Cl)c1F)C2=O.CC. The van der Waals surface area contributed by atoms with Crippen LogP contribution in [0.4, 0.5) is 10.1 Å². The molecule has 0 saturated carbocycles. The molecule has 150 valence electrons. The summed E-state index contributed by atoms with van der Waals surface area (Å²) in [6, 6.07) is 4.67. The van der Waals surface area contributed by atoms with Crippen molar-refractivity contribution in [3.8, 4) is 0 Å². The van der Waals surface area contributed by atoms with E-state index in [1.165, 1.54) is 16.5 Å². The van der Waals surface area contributed by atoms with Crippen LogP contribution >= 0.6 is 11.6 Å². The van der Waals surface area contributed by atoms with E-state index in [9.17, 15) is 9.18 Å². The van der Waals surface area contributed by atoms with Crippen LogP contribution in [-0.2, 0) is 13.0 Å². The van der Waals surface area contributed by atoms with Gasteiger partial charge in [-0.05, 0) is 37.5 Å². The Labute approximate surface area is 171 Å². The number of anilines is 1. The van der Waals surface area contributed by atoms with E-state index >= 15 is 0 Å². The van der Waals surface area contributed by atoms with Gasteiger partial charge in [0.25, 0.3) is 5.91 Å². The molecule has 1 aliphatic rings. The van der Waals surface area contributed by atoms with Gasteiger partial charge in [-0.2, -0.15) is 5.10 Å². The van der Waals surface area contributed by atoms with Crippen molar-refractivity contribution in [2.45, 2.75) is 47.1 Å². The summed E-state index contributed by atoms with van der Waals surface area (Å²) in [5.74, 6) is -0.871. The summed E-state index contributed by atoms with van der Waals surface area (Å²) in [6.07, 6.45) is 5.23. The highest BCUT2D eigenvalue weighted by atomic mass is 35.5. The van der Waals surface area contributed by atoms with Gasteiger partial charge in [-0.1, -0.05) is 57.2 Å². The molecule has 0 bridgehead atoms. The molecule has 4 nitrogen and oxygen atoms in total. The molecule has 0 saturated heterocycles. The number of carbonyl (C=O) groups excluding carboxylic acids is 1. The molecule has 0 atom stereocenters. The van der Waals surface area contributed by atoms with E-state index in [0.717, 1.165) is 17.7 Å². The Hall–Kier alpha value is -2.40. The maximum Gasteiger partial charge on any atom is 0.279 e. The number of allylic oxidation sites excluding steroid dienone is 3. The monoisotopic (exact) mass is 403 g/mol. The Morgan fingerprint density at radius 1 is 1.39 bits per heavy atom. The highest BCUT2D eigenvalue weighted by Crippen LogP contribution is 2.30. The molecular weight excluding hydrogens is 377 g/mol. The number of rotatable bonds is 5. The molecule has 1 aromatic carbocycles. The number of amides is 1. The van der Waals surface area contributed by atoms with Gasteiger partial charge >= 0.3 is 0 Å². The number of fused-ring (bicyclic) bond motifs is 1. The maximum atomic E-state index is 14.4. The minimum atomic E-state index is -0.579. The average molecular weight is 404 g/mol. The quantitative estimate of drug-likeness (QED) is 0.597. The topological polar surface area (TPSA) is 38.1 Å². The van der Waals surface area contributed by atoms with Gasteiger partial charge in [0, 0.05) is 17.8 Å². The molecular formula is C22H27ClFN3O. The minimum absolute atomic E-state index is 0.00459. The highest BCUT2D eigenvalue weighted by molar-refractivity contribution is 6.31. The Morgan fingerprint density at radius 3 is 2.75 bits per heavy atom. The third kappa shape index (κ3) is 4.20. The second-order valence-corrected chi connectivity index (χ2v) is 6.67. The van der Waals surface area contributed by atoms with Crippen molar-refractivity contribution in [3.63, 3.8) is 0 Å². The molecule has 2 heterocycles. The van der Waals surface area contributed by atoms with Crippen molar-refractivity contribution < 1.29 is 9.18 Å². The first kappa shape index (κ1) is 21.9. The highest BCUT2D eigenvalue weighted by Gasteiger charge is 2.32. The van der Waals surface area contributed by atoms with Crippen LogP contribution in [0.25, 0.3) is 0 Å². The second kappa shape index (κ2) is 9.69. The van der Waals surface area contributed by atoms with Crippen LogP contribution in [0.15, 0.2) is 42.5 Å².